The highest BCUT2D eigenvalue weighted by Gasteiger charge is 2.20. The summed E-state index contributed by atoms with van der Waals surface area (Å²) in [6.45, 7) is 3.87. The van der Waals surface area contributed by atoms with E-state index in [9.17, 15) is 14.4 Å². The number of benzene rings is 1. The lowest BCUT2D eigenvalue weighted by Crippen LogP contribution is -2.28. The van der Waals surface area contributed by atoms with Gasteiger partial charge in [-0.3, -0.25) is 9.59 Å². The molecule has 3 rings (SSSR count). The van der Waals surface area contributed by atoms with Gasteiger partial charge in [0.15, 0.2) is 5.75 Å². The first-order chi connectivity index (χ1) is 14.5. The molecule has 156 valence electrons. The molecule has 8 heteroatoms. The molecule has 0 spiro atoms. The van der Waals surface area contributed by atoms with Crippen molar-refractivity contribution < 1.29 is 19.1 Å². The molecule has 0 radical (unpaired) electrons. The normalized spacial score (nSPS) is 10.5. The van der Waals surface area contributed by atoms with Crippen LogP contribution in [0.25, 0.3) is 10.4 Å². The van der Waals surface area contributed by atoms with Crippen molar-refractivity contribution in [2.24, 2.45) is 0 Å². The highest BCUT2D eigenvalue weighted by Crippen LogP contribution is 2.35. The summed E-state index contributed by atoms with van der Waals surface area (Å²) >= 11 is 1.28. The summed E-state index contributed by atoms with van der Waals surface area (Å²) in [4.78, 5) is 38.2. The van der Waals surface area contributed by atoms with Crippen molar-refractivity contribution in [2.75, 3.05) is 18.5 Å². The number of nitrogens with one attached hydrogen (secondary N) is 1. The highest BCUT2D eigenvalue weighted by molar-refractivity contribution is 7.20. The molecule has 0 saturated heterocycles. The average molecular weight is 426 g/mol. The summed E-state index contributed by atoms with van der Waals surface area (Å²) in [7, 11) is 0. The maximum absolute atomic E-state index is 12.6. The van der Waals surface area contributed by atoms with Crippen molar-refractivity contribution in [1.29, 1.82) is 0 Å². The number of hydrogen-bond donors (Lipinski definition) is 1. The molecule has 3 aromatic rings. The number of nitrogens with zero attached hydrogens (tertiary/aromatic N) is 1. The van der Waals surface area contributed by atoms with Crippen molar-refractivity contribution in [1.82, 2.24) is 4.57 Å². The van der Waals surface area contributed by atoms with Crippen LogP contribution in [0.3, 0.4) is 0 Å². The van der Waals surface area contributed by atoms with Crippen LogP contribution in [-0.2, 0) is 16.1 Å². The lowest BCUT2D eigenvalue weighted by atomic mass is 10.1. The van der Waals surface area contributed by atoms with Crippen LogP contribution < -0.4 is 15.6 Å². The Morgan fingerprint density at radius 3 is 2.53 bits per heavy atom. The fourth-order valence-electron chi connectivity index (χ4n) is 2.81. The van der Waals surface area contributed by atoms with Gasteiger partial charge in [0, 0.05) is 11.1 Å². The molecule has 1 amide bonds. The molecule has 0 saturated carbocycles. The number of aromatic nitrogens is 1. The van der Waals surface area contributed by atoms with Gasteiger partial charge < -0.3 is 19.4 Å². The molecule has 0 fully saturated rings. The maximum atomic E-state index is 12.6. The number of hydrogen-bond acceptors (Lipinski definition) is 6. The predicted molar refractivity (Wildman–Crippen MR) is 116 cm³/mol. The molecule has 2 heterocycles. The molecule has 0 aliphatic rings. The van der Waals surface area contributed by atoms with Crippen molar-refractivity contribution >= 4 is 28.2 Å². The van der Waals surface area contributed by atoms with Gasteiger partial charge in [-0.15, -0.1) is 11.3 Å². The molecule has 7 nitrogen and oxygen atoms in total. The second-order valence-electron chi connectivity index (χ2n) is 6.23. The third kappa shape index (κ3) is 4.96. The Kier molecular flexibility index (Phi) is 7.03. The van der Waals surface area contributed by atoms with E-state index >= 15 is 0 Å². The molecule has 1 N–H and O–H groups in total. The topological polar surface area (TPSA) is 86.6 Å². The SMILES string of the molecule is CCOC(=O)c1cc(-c2ccccc2)sc1NC(=O)Cn1cccc(OCC)c1=O. The summed E-state index contributed by atoms with van der Waals surface area (Å²) in [5, 5.41) is 3.13. The number of anilines is 1. The van der Waals surface area contributed by atoms with Gasteiger partial charge in [-0.2, -0.15) is 0 Å². The number of pyridine rings is 1. The number of ether oxygens (including phenoxy) is 2. The number of carbonyl (C=O) groups is 2. The second-order valence-corrected chi connectivity index (χ2v) is 7.28. The van der Waals surface area contributed by atoms with E-state index in [1.165, 1.54) is 22.1 Å². The van der Waals surface area contributed by atoms with Crippen LogP contribution in [0, 0.1) is 0 Å². The zero-order chi connectivity index (χ0) is 21.5. The van der Waals surface area contributed by atoms with Gasteiger partial charge in [-0.25, -0.2) is 4.79 Å². The van der Waals surface area contributed by atoms with Gasteiger partial charge >= 0.3 is 5.97 Å². The number of esters is 1. The van der Waals surface area contributed by atoms with E-state index in [0.29, 0.717) is 11.6 Å². The Morgan fingerprint density at radius 2 is 1.83 bits per heavy atom. The van der Waals surface area contributed by atoms with E-state index in [0.717, 1.165) is 10.4 Å². The summed E-state index contributed by atoms with van der Waals surface area (Å²) in [5.41, 5.74) is 0.815. The van der Waals surface area contributed by atoms with E-state index < -0.39 is 17.4 Å². The molecule has 0 aliphatic carbocycles. The lowest BCUT2D eigenvalue weighted by molar-refractivity contribution is -0.116. The third-order valence-electron chi connectivity index (χ3n) is 4.14. The monoisotopic (exact) mass is 426 g/mol. The maximum Gasteiger partial charge on any atom is 0.341 e. The molecular formula is C22H22N2O5S. The molecular weight excluding hydrogens is 404 g/mol. The van der Waals surface area contributed by atoms with Gasteiger partial charge in [0.2, 0.25) is 5.91 Å². The van der Waals surface area contributed by atoms with Crippen LogP contribution in [0.15, 0.2) is 59.5 Å². The predicted octanol–water partition coefficient (Wildman–Crippen LogP) is 3.79. The number of rotatable bonds is 8. The second kappa shape index (κ2) is 9.89. The average Bonchev–Trinajstić information content (AvgIpc) is 3.16. The van der Waals surface area contributed by atoms with Crippen LogP contribution in [0.5, 0.6) is 5.75 Å². The fraction of sp³-hybridized carbons (Fsp3) is 0.227. The van der Waals surface area contributed by atoms with E-state index in [-0.39, 0.29) is 24.5 Å². The molecule has 2 aromatic heterocycles. The van der Waals surface area contributed by atoms with Crippen LogP contribution in [0.1, 0.15) is 24.2 Å². The Balaban J connectivity index is 1.85. The van der Waals surface area contributed by atoms with E-state index in [4.69, 9.17) is 9.47 Å². The van der Waals surface area contributed by atoms with E-state index in [2.05, 4.69) is 5.32 Å². The lowest BCUT2D eigenvalue weighted by Gasteiger charge is -2.09. The minimum atomic E-state index is -0.512. The van der Waals surface area contributed by atoms with Crippen LogP contribution in [0.4, 0.5) is 5.00 Å². The van der Waals surface area contributed by atoms with Gasteiger partial charge in [0.05, 0.1) is 18.8 Å². The summed E-state index contributed by atoms with van der Waals surface area (Å²) in [6, 6.07) is 14.4. The summed E-state index contributed by atoms with van der Waals surface area (Å²) in [6.07, 6.45) is 1.51. The summed E-state index contributed by atoms with van der Waals surface area (Å²) in [5.74, 6) is -0.762. The van der Waals surface area contributed by atoms with Gasteiger partial charge in [-0.05, 0) is 37.6 Å². The van der Waals surface area contributed by atoms with Crippen molar-refractivity contribution in [3.63, 3.8) is 0 Å². The molecule has 0 bridgehead atoms. The van der Waals surface area contributed by atoms with Crippen LogP contribution in [-0.4, -0.2) is 29.7 Å². The largest absolute Gasteiger partial charge is 0.488 e. The standard InChI is InChI=1S/C22H22N2O5S/c1-3-28-17-11-8-12-24(21(17)26)14-19(25)23-20-16(22(27)29-4-2)13-18(30-20)15-9-6-5-7-10-15/h5-13H,3-4,14H2,1-2H3,(H,23,25). The zero-order valence-corrected chi connectivity index (χ0v) is 17.5. The molecule has 0 aliphatic heterocycles. The zero-order valence-electron chi connectivity index (χ0n) is 16.7. The number of carbonyl (C=O) groups excluding carboxylic acids is 2. The first-order valence-electron chi connectivity index (χ1n) is 9.52. The Morgan fingerprint density at radius 1 is 1.07 bits per heavy atom. The minimum absolute atomic E-state index is 0.183. The molecule has 0 unspecified atom stereocenters. The van der Waals surface area contributed by atoms with Crippen molar-refractivity contribution in [3.05, 3.63) is 70.6 Å². The van der Waals surface area contributed by atoms with Crippen molar-refractivity contribution in [2.45, 2.75) is 20.4 Å². The first-order valence-corrected chi connectivity index (χ1v) is 10.3. The molecule has 1 aromatic carbocycles. The minimum Gasteiger partial charge on any atom is -0.488 e. The Labute approximate surface area is 177 Å². The van der Waals surface area contributed by atoms with E-state index in [1.54, 1.807) is 32.0 Å². The van der Waals surface area contributed by atoms with Gasteiger partial charge in [0.1, 0.15) is 11.5 Å². The first kappa shape index (κ1) is 21.3. The Bertz CT molecular complexity index is 1090. The third-order valence-corrected chi connectivity index (χ3v) is 5.24. The van der Waals surface area contributed by atoms with Crippen LogP contribution >= 0.6 is 11.3 Å². The smallest absolute Gasteiger partial charge is 0.341 e. The fourth-order valence-corrected chi connectivity index (χ4v) is 3.88. The quantitative estimate of drug-likeness (QED) is 0.554. The molecule has 30 heavy (non-hydrogen) atoms. The van der Waals surface area contributed by atoms with Gasteiger partial charge in [0.25, 0.3) is 5.56 Å². The number of thiophene rings is 1. The molecule has 0 atom stereocenters. The number of amides is 1. The van der Waals surface area contributed by atoms with Crippen molar-refractivity contribution in [3.8, 4) is 16.2 Å². The van der Waals surface area contributed by atoms with Gasteiger partial charge in [-0.1, -0.05) is 30.3 Å². The van der Waals surface area contributed by atoms with Crippen LogP contribution in [0.2, 0.25) is 0 Å². The highest BCUT2D eigenvalue weighted by atomic mass is 32.1. The Hall–Kier alpha value is -3.39. The van der Waals surface area contributed by atoms with E-state index in [1.807, 2.05) is 30.3 Å². The summed E-state index contributed by atoms with van der Waals surface area (Å²) < 4.78 is 11.7.